The number of oxazole rings is 1. The van der Waals surface area contributed by atoms with E-state index in [1.54, 1.807) is 0 Å². The smallest absolute Gasteiger partial charge is 0.213 e. The molecule has 2 rings (SSSR count). The highest BCUT2D eigenvalue weighted by molar-refractivity contribution is 6.31. The minimum atomic E-state index is -0.520. The van der Waals surface area contributed by atoms with Crippen LogP contribution in [0.15, 0.2) is 16.5 Å². The van der Waals surface area contributed by atoms with E-state index in [4.69, 9.17) is 21.8 Å². The number of hydrogen-bond donors (Lipinski definition) is 2. The first-order valence-corrected chi connectivity index (χ1v) is 5.76. The Morgan fingerprint density at radius 1 is 1.44 bits per heavy atom. The summed E-state index contributed by atoms with van der Waals surface area (Å²) in [6.45, 7) is 4.03. The lowest BCUT2D eigenvalue weighted by Crippen LogP contribution is -2.03. The van der Waals surface area contributed by atoms with Gasteiger partial charge in [-0.25, -0.2) is 9.37 Å². The maximum absolute atomic E-state index is 13.3. The summed E-state index contributed by atoms with van der Waals surface area (Å²) in [6, 6.07) is 2.62. The van der Waals surface area contributed by atoms with Crippen molar-refractivity contribution in [1.82, 2.24) is 4.98 Å². The summed E-state index contributed by atoms with van der Waals surface area (Å²) in [7, 11) is 0. The van der Waals surface area contributed by atoms with Crippen molar-refractivity contribution in [2.45, 2.75) is 20.4 Å². The number of aromatic nitrogens is 1. The van der Waals surface area contributed by atoms with Crippen LogP contribution < -0.4 is 11.1 Å². The second-order valence-electron chi connectivity index (χ2n) is 3.96. The summed E-state index contributed by atoms with van der Waals surface area (Å²) < 4.78 is 18.7. The molecule has 0 saturated carbocycles. The number of nitrogens with one attached hydrogen (secondary N) is 1. The summed E-state index contributed by atoms with van der Waals surface area (Å²) >= 11 is 5.61. The maximum atomic E-state index is 13.3. The summed E-state index contributed by atoms with van der Waals surface area (Å²) in [4.78, 5) is 4.21. The van der Waals surface area contributed by atoms with Crippen LogP contribution in [0.2, 0.25) is 5.02 Å². The van der Waals surface area contributed by atoms with Crippen LogP contribution in [0.25, 0.3) is 0 Å². The van der Waals surface area contributed by atoms with Crippen molar-refractivity contribution < 1.29 is 8.81 Å². The number of nitrogen functional groups attached to an aromatic ring is 1. The normalized spacial score (nSPS) is 10.7. The van der Waals surface area contributed by atoms with E-state index in [-0.39, 0.29) is 5.02 Å². The molecule has 1 aromatic carbocycles. The van der Waals surface area contributed by atoms with Gasteiger partial charge in [0.15, 0.2) is 0 Å². The van der Waals surface area contributed by atoms with Gasteiger partial charge >= 0.3 is 0 Å². The lowest BCUT2D eigenvalue weighted by molar-refractivity contribution is 0.478. The summed E-state index contributed by atoms with van der Waals surface area (Å²) in [5.41, 5.74) is 7.40. The molecule has 4 nitrogen and oxygen atoms in total. The first kappa shape index (κ1) is 12.7. The van der Waals surface area contributed by atoms with Crippen molar-refractivity contribution in [3.8, 4) is 0 Å². The Hall–Kier alpha value is -1.75. The number of aryl methyl sites for hydroxylation is 2. The number of nitrogens with two attached hydrogens (primary N) is 1. The first-order valence-electron chi connectivity index (χ1n) is 5.38. The third kappa shape index (κ3) is 2.56. The highest BCUT2D eigenvalue weighted by Crippen LogP contribution is 2.26. The van der Waals surface area contributed by atoms with Gasteiger partial charge in [0.1, 0.15) is 11.6 Å². The molecule has 1 aromatic heterocycles. The Kier molecular flexibility index (Phi) is 3.43. The predicted octanol–water partition coefficient (Wildman–Crippen LogP) is 3.28. The van der Waals surface area contributed by atoms with Gasteiger partial charge in [-0.1, -0.05) is 11.6 Å². The third-order valence-corrected chi connectivity index (χ3v) is 2.88. The minimum absolute atomic E-state index is 0.000799. The SMILES string of the molecule is Cc1nc(CNc2cc(F)c(Cl)cc2N)oc1C. The van der Waals surface area contributed by atoms with Crippen LogP contribution in [0.4, 0.5) is 15.8 Å². The van der Waals surface area contributed by atoms with Gasteiger partial charge in [0, 0.05) is 6.07 Å². The third-order valence-electron chi connectivity index (χ3n) is 2.60. The van der Waals surface area contributed by atoms with Gasteiger partial charge in [0.25, 0.3) is 0 Å². The zero-order valence-corrected chi connectivity index (χ0v) is 10.8. The topological polar surface area (TPSA) is 64.1 Å². The van der Waals surface area contributed by atoms with E-state index >= 15 is 0 Å². The zero-order chi connectivity index (χ0) is 13.3. The van der Waals surface area contributed by atoms with Gasteiger partial charge in [0.2, 0.25) is 5.89 Å². The van der Waals surface area contributed by atoms with Crippen LogP contribution >= 0.6 is 11.6 Å². The molecule has 0 atom stereocenters. The lowest BCUT2D eigenvalue weighted by Gasteiger charge is -2.08. The van der Waals surface area contributed by atoms with Crippen molar-refractivity contribution in [2.24, 2.45) is 0 Å². The molecule has 0 amide bonds. The van der Waals surface area contributed by atoms with Crippen LogP contribution in [0, 0.1) is 19.7 Å². The molecular weight excluding hydrogens is 257 g/mol. The van der Waals surface area contributed by atoms with E-state index < -0.39 is 5.82 Å². The molecule has 18 heavy (non-hydrogen) atoms. The molecule has 1 heterocycles. The van der Waals surface area contributed by atoms with Crippen LogP contribution in [0.3, 0.4) is 0 Å². The van der Waals surface area contributed by atoms with Crippen molar-refractivity contribution in [3.05, 3.63) is 40.3 Å². The standard InChI is InChI=1S/C12H13ClFN3O/c1-6-7(2)18-12(17-6)5-16-11-4-9(14)8(13)3-10(11)15/h3-4,16H,5,15H2,1-2H3. The Morgan fingerprint density at radius 2 is 2.17 bits per heavy atom. The molecule has 0 aliphatic rings. The van der Waals surface area contributed by atoms with Crippen LogP contribution in [-0.2, 0) is 6.54 Å². The molecule has 0 fully saturated rings. The highest BCUT2D eigenvalue weighted by Gasteiger charge is 2.09. The quantitative estimate of drug-likeness (QED) is 0.840. The van der Waals surface area contributed by atoms with Gasteiger partial charge in [0.05, 0.1) is 28.6 Å². The minimum Gasteiger partial charge on any atom is -0.444 e. The molecule has 0 bridgehead atoms. The Balaban J connectivity index is 2.13. The monoisotopic (exact) mass is 269 g/mol. The number of hydrogen-bond acceptors (Lipinski definition) is 4. The molecule has 0 aliphatic heterocycles. The fourth-order valence-corrected chi connectivity index (χ4v) is 1.67. The number of nitrogens with zero attached hydrogens (tertiary/aromatic N) is 1. The average molecular weight is 270 g/mol. The highest BCUT2D eigenvalue weighted by atomic mass is 35.5. The fourth-order valence-electron chi connectivity index (χ4n) is 1.50. The largest absolute Gasteiger partial charge is 0.444 e. The Labute approximate surface area is 109 Å². The summed E-state index contributed by atoms with van der Waals surface area (Å²) in [5, 5.41) is 2.96. The molecule has 0 radical (unpaired) electrons. The van der Waals surface area contributed by atoms with Gasteiger partial charge < -0.3 is 15.5 Å². The second-order valence-corrected chi connectivity index (χ2v) is 4.36. The van der Waals surface area contributed by atoms with Crippen LogP contribution in [-0.4, -0.2) is 4.98 Å². The maximum Gasteiger partial charge on any atom is 0.213 e. The number of halogens is 2. The number of benzene rings is 1. The Morgan fingerprint density at radius 3 is 2.78 bits per heavy atom. The van der Waals surface area contributed by atoms with Crippen LogP contribution in [0.5, 0.6) is 0 Å². The van der Waals surface area contributed by atoms with Crippen molar-refractivity contribution in [1.29, 1.82) is 0 Å². The Bertz CT molecular complexity index is 563. The van der Waals surface area contributed by atoms with E-state index in [0.29, 0.717) is 23.8 Å². The first-order chi connectivity index (χ1) is 8.47. The van der Waals surface area contributed by atoms with Gasteiger partial charge in [-0.05, 0) is 19.9 Å². The molecule has 96 valence electrons. The molecule has 6 heteroatoms. The van der Waals surface area contributed by atoms with E-state index in [1.807, 2.05) is 13.8 Å². The van der Waals surface area contributed by atoms with E-state index in [0.717, 1.165) is 11.5 Å². The van der Waals surface area contributed by atoms with Gasteiger partial charge in [-0.3, -0.25) is 0 Å². The van der Waals surface area contributed by atoms with Crippen molar-refractivity contribution in [2.75, 3.05) is 11.1 Å². The van der Waals surface area contributed by atoms with Gasteiger partial charge in [-0.2, -0.15) is 0 Å². The second kappa shape index (κ2) is 4.86. The predicted molar refractivity (Wildman–Crippen MR) is 69.1 cm³/mol. The molecular formula is C12H13ClFN3O. The molecule has 0 saturated heterocycles. The molecule has 3 N–H and O–H groups in total. The van der Waals surface area contributed by atoms with Crippen LogP contribution in [0.1, 0.15) is 17.3 Å². The lowest BCUT2D eigenvalue weighted by atomic mass is 10.2. The number of rotatable bonds is 3. The zero-order valence-electron chi connectivity index (χ0n) is 10.1. The van der Waals surface area contributed by atoms with E-state index in [9.17, 15) is 4.39 Å². The molecule has 0 aliphatic carbocycles. The fraction of sp³-hybridized carbons (Fsp3) is 0.250. The van der Waals surface area contributed by atoms with Crippen molar-refractivity contribution in [3.63, 3.8) is 0 Å². The average Bonchev–Trinajstić information content (AvgIpc) is 2.62. The molecule has 0 spiro atoms. The number of anilines is 2. The van der Waals surface area contributed by atoms with E-state index in [1.165, 1.54) is 12.1 Å². The molecule has 0 unspecified atom stereocenters. The van der Waals surface area contributed by atoms with E-state index in [2.05, 4.69) is 10.3 Å². The van der Waals surface area contributed by atoms with Crippen molar-refractivity contribution >= 4 is 23.0 Å². The summed E-state index contributed by atoms with van der Waals surface area (Å²) in [5.74, 6) is 0.773. The van der Waals surface area contributed by atoms with Gasteiger partial charge in [-0.15, -0.1) is 0 Å². The summed E-state index contributed by atoms with van der Waals surface area (Å²) in [6.07, 6.45) is 0. The molecule has 2 aromatic rings.